The number of nitrogens with one attached hydrogen (secondary N) is 2. The average molecular weight is 561 g/mol. The number of hydrogen-bond acceptors (Lipinski definition) is 5. The minimum Gasteiger partial charge on any atom is -0.337 e. The first kappa shape index (κ1) is 28.6. The maximum atomic E-state index is 15.0. The Hall–Kier alpha value is -2.93. The Morgan fingerprint density at radius 3 is 2.54 bits per heavy atom. The van der Waals surface area contributed by atoms with E-state index >= 15 is 4.39 Å². The SMILES string of the molecule is Cc1nccn1Cc1ccc(-c2cc(CC(C)C)sc2S(=O)(=O)NC(=O)NCCCC(F)(F)F)cc1F. The number of halogens is 4. The topological polar surface area (TPSA) is 93.1 Å². The van der Waals surface area contributed by atoms with Gasteiger partial charge >= 0.3 is 12.2 Å². The molecule has 2 aromatic heterocycles. The van der Waals surface area contributed by atoms with Crippen molar-refractivity contribution in [3.63, 3.8) is 0 Å². The van der Waals surface area contributed by atoms with Crippen molar-refractivity contribution >= 4 is 27.4 Å². The first-order chi connectivity index (χ1) is 17.2. The molecular formula is C24H28F4N4O3S2. The molecule has 0 saturated heterocycles. The molecule has 0 aliphatic rings. The van der Waals surface area contributed by atoms with Gasteiger partial charge in [-0.25, -0.2) is 27.3 Å². The third kappa shape index (κ3) is 8.03. The maximum absolute atomic E-state index is 15.0. The second-order valence-corrected chi connectivity index (χ2v) is 12.0. The molecule has 2 heterocycles. The predicted octanol–water partition coefficient (Wildman–Crippen LogP) is 5.64. The molecule has 0 saturated carbocycles. The number of imidazole rings is 1. The Morgan fingerprint density at radius 1 is 1.22 bits per heavy atom. The summed E-state index contributed by atoms with van der Waals surface area (Å²) < 4.78 is 81.5. The summed E-state index contributed by atoms with van der Waals surface area (Å²) in [6.07, 6.45) is -1.95. The van der Waals surface area contributed by atoms with E-state index in [9.17, 15) is 26.4 Å². The van der Waals surface area contributed by atoms with Crippen LogP contribution in [0.5, 0.6) is 0 Å². The fourth-order valence-electron chi connectivity index (χ4n) is 3.62. The molecule has 2 N–H and O–H groups in total. The summed E-state index contributed by atoms with van der Waals surface area (Å²) in [6.45, 7) is 5.63. The van der Waals surface area contributed by atoms with Gasteiger partial charge in [-0.1, -0.05) is 26.0 Å². The van der Waals surface area contributed by atoms with Crippen molar-refractivity contribution in [2.75, 3.05) is 6.54 Å². The number of carbonyl (C=O) groups excluding carboxylic acids is 1. The van der Waals surface area contributed by atoms with Crippen LogP contribution >= 0.6 is 11.3 Å². The molecular weight excluding hydrogens is 532 g/mol. The van der Waals surface area contributed by atoms with Crippen LogP contribution < -0.4 is 10.0 Å². The average Bonchev–Trinajstić information content (AvgIpc) is 3.38. The van der Waals surface area contributed by atoms with E-state index in [0.717, 1.165) is 22.0 Å². The molecule has 0 radical (unpaired) electrons. The number of nitrogens with zero attached hydrogens (tertiary/aromatic N) is 2. The molecule has 0 atom stereocenters. The largest absolute Gasteiger partial charge is 0.389 e. The summed E-state index contributed by atoms with van der Waals surface area (Å²) in [4.78, 5) is 17.0. The summed E-state index contributed by atoms with van der Waals surface area (Å²) in [7, 11) is -4.39. The Morgan fingerprint density at radius 2 is 1.95 bits per heavy atom. The Kier molecular flexibility index (Phi) is 9.00. The van der Waals surface area contributed by atoms with Crippen LogP contribution in [0.1, 0.15) is 43.0 Å². The minimum atomic E-state index is -4.39. The third-order valence-corrected chi connectivity index (χ3v) is 8.40. The maximum Gasteiger partial charge on any atom is 0.389 e. The van der Waals surface area contributed by atoms with Crippen molar-refractivity contribution in [2.45, 2.75) is 57.0 Å². The zero-order chi connectivity index (χ0) is 27.4. The molecule has 3 rings (SSSR count). The van der Waals surface area contributed by atoms with Gasteiger partial charge in [0.25, 0.3) is 10.0 Å². The van der Waals surface area contributed by atoms with Gasteiger partial charge in [0.05, 0.1) is 6.54 Å². The standard InChI is InChI=1S/C24H28F4N4O3S2/c1-15(2)11-19-13-20(17-5-6-18(21(25)12-17)14-32-10-9-29-16(32)3)22(36-19)37(34,35)31-23(33)30-8-4-7-24(26,27)28/h5-6,9-10,12-13,15H,4,7-8,11,14H2,1-3H3,(H2,30,31,33). The summed E-state index contributed by atoms with van der Waals surface area (Å²) in [5.41, 5.74) is 0.950. The Labute approximate surface area is 217 Å². The molecule has 0 fully saturated rings. The lowest BCUT2D eigenvalue weighted by atomic mass is 10.0. The van der Waals surface area contributed by atoms with E-state index in [-0.39, 0.29) is 35.2 Å². The van der Waals surface area contributed by atoms with Crippen LogP contribution in [-0.4, -0.2) is 36.7 Å². The minimum absolute atomic E-state index is 0.175. The van der Waals surface area contributed by atoms with Gasteiger partial charge in [-0.05, 0) is 43.4 Å². The van der Waals surface area contributed by atoms with Gasteiger partial charge in [0.15, 0.2) is 0 Å². The number of urea groups is 1. The molecule has 0 unspecified atom stereocenters. The predicted molar refractivity (Wildman–Crippen MR) is 133 cm³/mol. The van der Waals surface area contributed by atoms with Gasteiger partial charge in [-0.2, -0.15) is 13.2 Å². The third-order valence-electron chi connectivity index (χ3n) is 5.38. The van der Waals surface area contributed by atoms with E-state index in [4.69, 9.17) is 0 Å². The molecule has 2 amide bonds. The van der Waals surface area contributed by atoms with Gasteiger partial charge in [-0.15, -0.1) is 11.3 Å². The number of thiophene rings is 1. The number of carbonyl (C=O) groups is 1. The molecule has 0 aliphatic heterocycles. The van der Waals surface area contributed by atoms with Crippen LogP contribution in [0.4, 0.5) is 22.4 Å². The van der Waals surface area contributed by atoms with Crippen LogP contribution in [0.25, 0.3) is 11.1 Å². The molecule has 7 nitrogen and oxygen atoms in total. The number of benzene rings is 1. The molecule has 13 heteroatoms. The normalized spacial score (nSPS) is 12.2. The van der Waals surface area contributed by atoms with E-state index in [1.54, 1.807) is 42.1 Å². The van der Waals surface area contributed by atoms with E-state index in [0.29, 0.717) is 17.5 Å². The van der Waals surface area contributed by atoms with E-state index in [1.807, 2.05) is 18.6 Å². The highest BCUT2D eigenvalue weighted by molar-refractivity contribution is 7.92. The van der Waals surface area contributed by atoms with E-state index in [2.05, 4.69) is 10.3 Å². The van der Waals surface area contributed by atoms with Crippen molar-refractivity contribution in [1.82, 2.24) is 19.6 Å². The zero-order valence-corrected chi connectivity index (χ0v) is 22.2. The quantitative estimate of drug-likeness (QED) is 0.248. The number of amides is 2. The van der Waals surface area contributed by atoms with Crippen molar-refractivity contribution in [3.05, 3.63) is 58.7 Å². The highest BCUT2D eigenvalue weighted by Gasteiger charge is 2.28. The number of aryl methyl sites for hydroxylation is 1. The van der Waals surface area contributed by atoms with Crippen LogP contribution in [0.15, 0.2) is 40.9 Å². The number of rotatable bonds is 10. The van der Waals surface area contributed by atoms with Gasteiger partial charge < -0.3 is 9.88 Å². The second-order valence-electron chi connectivity index (χ2n) is 9.00. The second kappa shape index (κ2) is 11.6. The van der Waals surface area contributed by atoms with Crippen LogP contribution in [0, 0.1) is 18.7 Å². The highest BCUT2D eigenvalue weighted by atomic mass is 32.2. The summed E-state index contributed by atoms with van der Waals surface area (Å²) in [6, 6.07) is 4.96. The van der Waals surface area contributed by atoms with Gasteiger partial charge in [-0.3, -0.25) is 0 Å². The number of sulfonamides is 1. The number of aromatic nitrogens is 2. The Balaban J connectivity index is 1.85. The smallest absolute Gasteiger partial charge is 0.337 e. The van der Waals surface area contributed by atoms with Crippen molar-refractivity contribution in [2.24, 2.45) is 5.92 Å². The van der Waals surface area contributed by atoms with Crippen LogP contribution in [0.2, 0.25) is 0 Å². The highest BCUT2D eigenvalue weighted by Crippen LogP contribution is 2.37. The van der Waals surface area contributed by atoms with E-state index in [1.165, 1.54) is 6.07 Å². The fourth-order valence-corrected chi connectivity index (χ4v) is 6.50. The first-order valence-corrected chi connectivity index (χ1v) is 13.8. The molecule has 202 valence electrons. The van der Waals surface area contributed by atoms with E-state index < -0.39 is 34.5 Å². The first-order valence-electron chi connectivity index (χ1n) is 11.5. The van der Waals surface area contributed by atoms with Gasteiger partial charge in [0.2, 0.25) is 0 Å². The molecule has 0 aliphatic carbocycles. The monoisotopic (exact) mass is 560 g/mol. The zero-order valence-electron chi connectivity index (χ0n) is 20.5. The number of alkyl halides is 3. The van der Waals surface area contributed by atoms with Crippen LogP contribution in [-0.2, 0) is 23.0 Å². The lowest BCUT2D eigenvalue weighted by molar-refractivity contribution is -0.135. The summed E-state index contributed by atoms with van der Waals surface area (Å²) >= 11 is 0.965. The molecule has 0 bridgehead atoms. The summed E-state index contributed by atoms with van der Waals surface area (Å²) in [5, 5.41) is 2.13. The van der Waals surface area contributed by atoms with Gasteiger partial charge in [0, 0.05) is 41.4 Å². The van der Waals surface area contributed by atoms with Crippen molar-refractivity contribution in [1.29, 1.82) is 0 Å². The number of hydrogen-bond donors (Lipinski definition) is 2. The van der Waals surface area contributed by atoms with Gasteiger partial charge in [0.1, 0.15) is 15.9 Å². The fraction of sp³-hybridized carbons (Fsp3) is 0.417. The lowest BCUT2D eigenvalue weighted by Gasteiger charge is -2.11. The van der Waals surface area contributed by atoms with Crippen LogP contribution in [0.3, 0.4) is 0 Å². The summed E-state index contributed by atoms with van der Waals surface area (Å²) in [5.74, 6) is 0.404. The lowest BCUT2D eigenvalue weighted by Crippen LogP contribution is -2.39. The molecule has 0 spiro atoms. The molecule has 3 aromatic rings. The molecule has 1 aromatic carbocycles. The molecule has 37 heavy (non-hydrogen) atoms. The van der Waals surface area contributed by atoms with Crippen molar-refractivity contribution < 1.29 is 30.8 Å². The Bertz CT molecular complexity index is 1350. The van der Waals surface area contributed by atoms with Crippen molar-refractivity contribution in [3.8, 4) is 11.1 Å².